The number of hydrogen-bond donors (Lipinski definition) is 0. The summed E-state index contributed by atoms with van der Waals surface area (Å²) in [6.07, 6.45) is 2.12. The lowest BCUT2D eigenvalue weighted by molar-refractivity contribution is 0.101. The Balaban J connectivity index is 2.87. The SMILES string of the molecule is CCCCOc1c(C)cccc1C(C)=O. The Morgan fingerprint density at radius 3 is 2.73 bits per heavy atom. The number of carbonyl (C=O) groups excluding carboxylic acids is 1. The Hall–Kier alpha value is -1.31. The number of Topliss-reactive ketones (excluding diaryl/α,β-unsaturated/α-hetero) is 1. The average molecular weight is 206 g/mol. The van der Waals surface area contributed by atoms with Crippen LogP contribution in [0, 0.1) is 6.92 Å². The maximum atomic E-state index is 11.4. The van der Waals surface area contributed by atoms with Gasteiger partial charge in [-0.15, -0.1) is 0 Å². The van der Waals surface area contributed by atoms with Crippen molar-refractivity contribution in [1.29, 1.82) is 0 Å². The summed E-state index contributed by atoms with van der Waals surface area (Å²) in [6.45, 7) is 6.34. The van der Waals surface area contributed by atoms with Crippen LogP contribution in [0.3, 0.4) is 0 Å². The zero-order valence-electron chi connectivity index (χ0n) is 9.67. The molecule has 1 aromatic rings. The highest BCUT2D eigenvalue weighted by atomic mass is 16.5. The number of unbranched alkanes of at least 4 members (excludes halogenated alkanes) is 1. The molecule has 1 aromatic carbocycles. The van der Waals surface area contributed by atoms with Gasteiger partial charge in [-0.25, -0.2) is 0 Å². The van der Waals surface area contributed by atoms with Crippen LogP contribution in [0.15, 0.2) is 18.2 Å². The molecule has 82 valence electrons. The molecule has 0 aromatic heterocycles. The third kappa shape index (κ3) is 3.08. The fourth-order valence-corrected chi connectivity index (χ4v) is 1.44. The van der Waals surface area contributed by atoms with Crippen molar-refractivity contribution in [2.45, 2.75) is 33.6 Å². The number of para-hydroxylation sites is 1. The number of rotatable bonds is 5. The van der Waals surface area contributed by atoms with Crippen LogP contribution in [0.2, 0.25) is 0 Å². The summed E-state index contributed by atoms with van der Waals surface area (Å²) in [7, 11) is 0. The van der Waals surface area contributed by atoms with Crippen LogP contribution >= 0.6 is 0 Å². The lowest BCUT2D eigenvalue weighted by Gasteiger charge is -2.11. The van der Waals surface area contributed by atoms with E-state index in [1.54, 1.807) is 6.92 Å². The second kappa shape index (κ2) is 5.54. The molecular weight excluding hydrogens is 188 g/mol. The molecule has 0 saturated carbocycles. The van der Waals surface area contributed by atoms with Gasteiger partial charge >= 0.3 is 0 Å². The van der Waals surface area contributed by atoms with E-state index in [4.69, 9.17) is 4.74 Å². The first-order valence-electron chi connectivity index (χ1n) is 5.40. The van der Waals surface area contributed by atoms with Crippen LogP contribution in [0.4, 0.5) is 0 Å². The Bertz CT molecular complexity index is 342. The molecule has 2 heteroatoms. The minimum Gasteiger partial charge on any atom is -0.493 e. The van der Waals surface area contributed by atoms with Gasteiger partial charge in [0, 0.05) is 0 Å². The van der Waals surface area contributed by atoms with E-state index in [9.17, 15) is 4.79 Å². The van der Waals surface area contributed by atoms with Crippen LogP contribution in [0.25, 0.3) is 0 Å². The van der Waals surface area contributed by atoms with Crippen molar-refractivity contribution in [1.82, 2.24) is 0 Å². The molecule has 1 rings (SSSR count). The van der Waals surface area contributed by atoms with Gasteiger partial charge in [0.2, 0.25) is 0 Å². The normalized spacial score (nSPS) is 10.1. The van der Waals surface area contributed by atoms with E-state index in [1.165, 1.54) is 0 Å². The molecule has 2 nitrogen and oxygen atoms in total. The zero-order chi connectivity index (χ0) is 11.3. The van der Waals surface area contributed by atoms with Gasteiger partial charge in [-0.3, -0.25) is 4.79 Å². The van der Waals surface area contributed by atoms with Crippen molar-refractivity contribution in [2.75, 3.05) is 6.61 Å². The van der Waals surface area contributed by atoms with Crippen molar-refractivity contribution < 1.29 is 9.53 Å². The van der Waals surface area contributed by atoms with Crippen molar-refractivity contribution in [3.63, 3.8) is 0 Å². The maximum absolute atomic E-state index is 11.4. The predicted octanol–water partition coefficient (Wildman–Crippen LogP) is 3.38. The van der Waals surface area contributed by atoms with Crippen LogP contribution in [0.5, 0.6) is 5.75 Å². The van der Waals surface area contributed by atoms with Crippen molar-refractivity contribution in [3.8, 4) is 5.75 Å². The van der Waals surface area contributed by atoms with E-state index in [1.807, 2.05) is 25.1 Å². The van der Waals surface area contributed by atoms with Gasteiger partial charge in [0.25, 0.3) is 0 Å². The summed E-state index contributed by atoms with van der Waals surface area (Å²) >= 11 is 0. The standard InChI is InChI=1S/C13H18O2/c1-4-5-9-15-13-10(2)7-6-8-12(13)11(3)14/h6-8H,4-5,9H2,1-3H3. The lowest BCUT2D eigenvalue weighted by Crippen LogP contribution is -2.04. The molecule has 0 aliphatic rings. The molecule has 0 aliphatic heterocycles. The van der Waals surface area contributed by atoms with Gasteiger partial charge in [0.1, 0.15) is 5.75 Å². The first-order chi connectivity index (χ1) is 7.16. The first-order valence-corrected chi connectivity index (χ1v) is 5.40. The molecule has 0 bridgehead atoms. The topological polar surface area (TPSA) is 26.3 Å². The Kier molecular flexibility index (Phi) is 4.35. The third-order valence-corrected chi connectivity index (χ3v) is 2.34. The number of ether oxygens (including phenoxy) is 1. The molecule has 0 aliphatic carbocycles. The smallest absolute Gasteiger partial charge is 0.163 e. The first kappa shape index (κ1) is 11.8. The molecule has 0 heterocycles. The molecule has 0 N–H and O–H groups in total. The molecule has 15 heavy (non-hydrogen) atoms. The summed E-state index contributed by atoms with van der Waals surface area (Å²) in [5, 5.41) is 0. The van der Waals surface area contributed by atoms with Crippen LogP contribution in [-0.2, 0) is 0 Å². The summed E-state index contributed by atoms with van der Waals surface area (Å²) in [6, 6.07) is 5.67. The average Bonchev–Trinajstić information content (AvgIpc) is 2.20. The second-order valence-corrected chi connectivity index (χ2v) is 3.71. The number of aryl methyl sites for hydroxylation is 1. The third-order valence-electron chi connectivity index (χ3n) is 2.34. The fraction of sp³-hybridized carbons (Fsp3) is 0.462. The summed E-state index contributed by atoms with van der Waals surface area (Å²) in [5.41, 5.74) is 1.71. The van der Waals surface area contributed by atoms with Crippen LogP contribution < -0.4 is 4.74 Å². The highest BCUT2D eigenvalue weighted by Gasteiger charge is 2.10. The lowest BCUT2D eigenvalue weighted by atomic mass is 10.1. The van der Waals surface area contributed by atoms with E-state index >= 15 is 0 Å². The Morgan fingerprint density at radius 2 is 2.13 bits per heavy atom. The highest BCUT2D eigenvalue weighted by Crippen LogP contribution is 2.23. The minimum atomic E-state index is 0.0604. The van der Waals surface area contributed by atoms with E-state index in [0.717, 1.165) is 24.2 Å². The van der Waals surface area contributed by atoms with E-state index < -0.39 is 0 Å². The minimum absolute atomic E-state index is 0.0604. The number of carbonyl (C=O) groups is 1. The van der Waals surface area contributed by atoms with Gasteiger partial charge in [-0.05, 0) is 31.9 Å². The Morgan fingerprint density at radius 1 is 1.40 bits per heavy atom. The van der Waals surface area contributed by atoms with E-state index in [-0.39, 0.29) is 5.78 Å². The molecular formula is C13H18O2. The monoisotopic (exact) mass is 206 g/mol. The molecule has 0 amide bonds. The summed E-state index contributed by atoms with van der Waals surface area (Å²) in [4.78, 5) is 11.4. The summed E-state index contributed by atoms with van der Waals surface area (Å²) in [5.74, 6) is 0.809. The predicted molar refractivity (Wildman–Crippen MR) is 61.6 cm³/mol. The van der Waals surface area contributed by atoms with Crippen molar-refractivity contribution >= 4 is 5.78 Å². The quantitative estimate of drug-likeness (QED) is 0.545. The summed E-state index contributed by atoms with van der Waals surface area (Å²) < 4.78 is 5.65. The Labute approximate surface area is 91.3 Å². The molecule has 0 atom stereocenters. The van der Waals surface area contributed by atoms with Crippen molar-refractivity contribution in [2.24, 2.45) is 0 Å². The fourth-order valence-electron chi connectivity index (χ4n) is 1.44. The largest absolute Gasteiger partial charge is 0.493 e. The number of hydrogen-bond acceptors (Lipinski definition) is 2. The van der Waals surface area contributed by atoms with E-state index in [0.29, 0.717) is 12.2 Å². The van der Waals surface area contributed by atoms with Gasteiger partial charge in [0.15, 0.2) is 5.78 Å². The van der Waals surface area contributed by atoms with Gasteiger partial charge in [-0.1, -0.05) is 25.5 Å². The highest BCUT2D eigenvalue weighted by molar-refractivity contribution is 5.97. The van der Waals surface area contributed by atoms with Crippen LogP contribution in [0.1, 0.15) is 42.6 Å². The van der Waals surface area contributed by atoms with Gasteiger partial charge in [-0.2, -0.15) is 0 Å². The molecule has 0 fully saturated rings. The van der Waals surface area contributed by atoms with Crippen molar-refractivity contribution in [3.05, 3.63) is 29.3 Å². The van der Waals surface area contributed by atoms with Gasteiger partial charge < -0.3 is 4.74 Å². The maximum Gasteiger partial charge on any atom is 0.163 e. The molecule has 0 saturated heterocycles. The molecule has 0 spiro atoms. The van der Waals surface area contributed by atoms with Gasteiger partial charge in [0.05, 0.1) is 12.2 Å². The van der Waals surface area contributed by atoms with Crippen LogP contribution in [-0.4, -0.2) is 12.4 Å². The van der Waals surface area contributed by atoms with E-state index in [2.05, 4.69) is 6.92 Å². The second-order valence-electron chi connectivity index (χ2n) is 3.71. The number of ketones is 1. The number of benzene rings is 1. The molecule has 0 radical (unpaired) electrons. The zero-order valence-corrected chi connectivity index (χ0v) is 9.67. The molecule has 0 unspecified atom stereocenters.